The van der Waals surface area contributed by atoms with Crippen molar-refractivity contribution in [1.29, 1.82) is 0 Å². The highest BCUT2D eigenvalue weighted by atomic mass is 16.5. The number of aliphatic hydroxyl groups excluding tert-OH is 1. The predicted octanol–water partition coefficient (Wildman–Crippen LogP) is 3.45. The summed E-state index contributed by atoms with van der Waals surface area (Å²) in [5, 5.41) is 12.1. The molecule has 4 nitrogen and oxygen atoms in total. The SMILES string of the molecule is CCOc1ccc(NCCCCCCO)cc1OCC. The van der Waals surface area contributed by atoms with E-state index in [9.17, 15) is 0 Å². The Morgan fingerprint density at radius 3 is 2.35 bits per heavy atom. The largest absolute Gasteiger partial charge is 0.490 e. The normalized spacial score (nSPS) is 10.3. The Kier molecular flexibility index (Phi) is 8.63. The highest BCUT2D eigenvalue weighted by Gasteiger charge is 2.05. The summed E-state index contributed by atoms with van der Waals surface area (Å²) in [6.45, 7) is 6.43. The maximum atomic E-state index is 8.71. The van der Waals surface area contributed by atoms with Gasteiger partial charge in [0, 0.05) is 24.9 Å². The van der Waals surface area contributed by atoms with Crippen molar-refractivity contribution in [2.24, 2.45) is 0 Å². The Morgan fingerprint density at radius 1 is 0.950 bits per heavy atom. The van der Waals surface area contributed by atoms with Gasteiger partial charge in [-0.25, -0.2) is 0 Å². The van der Waals surface area contributed by atoms with Gasteiger partial charge in [0.1, 0.15) is 0 Å². The summed E-state index contributed by atoms with van der Waals surface area (Å²) >= 11 is 0. The van der Waals surface area contributed by atoms with Crippen molar-refractivity contribution in [3.05, 3.63) is 18.2 Å². The van der Waals surface area contributed by atoms with Gasteiger partial charge in [0.05, 0.1) is 13.2 Å². The van der Waals surface area contributed by atoms with E-state index in [-0.39, 0.29) is 0 Å². The fraction of sp³-hybridized carbons (Fsp3) is 0.625. The van der Waals surface area contributed by atoms with E-state index in [2.05, 4.69) is 5.32 Å². The van der Waals surface area contributed by atoms with E-state index < -0.39 is 0 Å². The number of aliphatic hydroxyl groups is 1. The molecule has 114 valence electrons. The Bertz CT molecular complexity index is 369. The Labute approximate surface area is 122 Å². The van der Waals surface area contributed by atoms with E-state index in [0.717, 1.165) is 49.4 Å². The number of rotatable bonds is 11. The van der Waals surface area contributed by atoms with E-state index in [1.165, 1.54) is 0 Å². The molecule has 0 amide bonds. The van der Waals surface area contributed by atoms with Crippen LogP contribution < -0.4 is 14.8 Å². The monoisotopic (exact) mass is 281 g/mol. The summed E-state index contributed by atoms with van der Waals surface area (Å²) in [6.07, 6.45) is 4.24. The molecule has 0 fully saturated rings. The molecule has 0 aliphatic carbocycles. The van der Waals surface area contributed by atoms with Gasteiger partial charge in [0.25, 0.3) is 0 Å². The molecule has 0 aliphatic rings. The van der Waals surface area contributed by atoms with Crippen LogP contribution in [-0.4, -0.2) is 31.5 Å². The third kappa shape index (κ3) is 6.15. The summed E-state index contributed by atoms with van der Waals surface area (Å²) in [7, 11) is 0. The van der Waals surface area contributed by atoms with Gasteiger partial charge >= 0.3 is 0 Å². The number of hydrogen-bond donors (Lipinski definition) is 2. The number of unbranched alkanes of at least 4 members (excludes halogenated alkanes) is 3. The zero-order chi connectivity index (χ0) is 14.6. The lowest BCUT2D eigenvalue weighted by Crippen LogP contribution is -2.03. The average molecular weight is 281 g/mol. The van der Waals surface area contributed by atoms with Crippen LogP contribution in [0, 0.1) is 0 Å². The van der Waals surface area contributed by atoms with Crippen molar-refractivity contribution in [3.63, 3.8) is 0 Å². The van der Waals surface area contributed by atoms with Gasteiger partial charge in [-0.1, -0.05) is 12.8 Å². The minimum absolute atomic E-state index is 0.296. The van der Waals surface area contributed by atoms with Crippen LogP contribution in [0.2, 0.25) is 0 Å². The van der Waals surface area contributed by atoms with E-state index in [4.69, 9.17) is 14.6 Å². The minimum Gasteiger partial charge on any atom is -0.490 e. The molecule has 0 aliphatic heterocycles. The van der Waals surface area contributed by atoms with Crippen LogP contribution in [0.25, 0.3) is 0 Å². The van der Waals surface area contributed by atoms with Gasteiger partial charge in [-0.05, 0) is 38.8 Å². The van der Waals surface area contributed by atoms with Gasteiger partial charge in [0.2, 0.25) is 0 Å². The first-order chi connectivity index (χ1) is 9.81. The molecule has 4 heteroatoms. The second-order valence-electron chi connectivity index (χ2n) is 4.59. The molecule has 1 aromatic rings. The third-order valence-electron chi connectivity index (χ3n) is 2.96. The van der Waals surface area contributed by atoms with Crippen molar-refractivity contribution in [1.82, 2.24) is 0 Å². The molecule has 0 radical (unpaired) electrons. The van der Waals surface area contributed by atoms with Crippen LogP contribution in [0.4, 0.5) is 5.69 Å². The molecule has 0 heterocycles. The molecule has 20 heavy (non-hydrogen) atoms. The van der Waals surface area contributed by atoms with Crippen molar-refractivity contribution >= 4 is 5.69 Å². The minimum atomic E-state index is 0.296. The standard InChI is InChI=1S/C16H27NO3/c1-3-19-15-10-9-14(13-16(15)20-4-2)17-11-7-5-6-8-12-18/h9-10,13,17-18H,3-8,11-12H2,1-2H3. The zero-order valence-electron chi connectivity index (χ0n) is 12.7. The summed E-state index contributed by atoms with van der Waals surface area (Å²) < 4.78 is 11.1. The van der Waals surface area contributed by atoms with Crippen molar-refractivity contribution in [3.8, 4) is 11.5 Å². The quantitative estimate of drug-likeness (QED) is 0.610. The van der Waals surface area contributed by atoms with Crippen LogP contribution in [0.5, 0.6) is 11.5 Å². The number of benzene rings is 1. The van der Waals surface area contributed by atoms with Crippen LogP contribution in [0.15, 0.2) is 18.2 Å². The first-order valence-electron chi connectivity index (χ1n) is 7.56. The van der Waals surface area contributed by atoms with Crippen LogP contribution in [0.3, 0.4) is 0 Å². The summed E-state index contributed by atoms with van der Waals surface area (Å²) in [5.74, 6) is 1.59. The van der Waals surface area contributed by atoms with E-state index in [1.54, 1.807) is 0 Å². The molecule has 1 aromatic carbocycles. The van der Waals surface area contributed by atoms with E-state index in [0.29, 0.717) is 19.8 Å². The molecular formula is C16H27NO3. The highest BCUT2D eigenvalue weighted by Crippen LogP contribution is 2.30. The van der Waals surface area contributed by atoms with Crippen molar-refractivity contribution < 1.29 is 14.6 Å². The first kappa shape index (κ1) is 16.6. The zero-order valence-corrected chi connectivity index (χ0v) is 12.7. The van der Waals surface area contributed by atoms with E-state index >= 15 is 0 Å². The van der Waals surface area contributed by atoms with Crippen molar-refractivity contribution in [2.75, 3.05) is 31.7 Å². The molecule has 0 saturated carbocycles. The van der Waals surface area contributed by atoms with Crippen LogP contribution in [-0.2, 0) is 0 Å². The summed E-state index contributed by atoms with van der Waals surface area (Å²) in [5.41, 5.74) is 1.05. The average Bonchev–Trinajstić information content (AvgIpc) is 2.46. The van der Waals surface area contributed by atoms with Gasteiger partial charge in [-0.2, -0.15) is 0 Å². The Hall–Kier alpha value is -1.42. The lowest BCUT2D eigenvalue weighted by molar-refractivity contribution is 0.283. The highest BCUT2D eigenvalue weighted by molar-refractivity contribution is 5.54. The smallest absolute Gasteiger partial charge is 0.163 e. The summed E-state index contributed by atoms with van der Waals surface area (Å²) in [4.78, 5) is 0. The Morgan fingerprint density at radius 2 is 1.65 bits per heavy atom. The number of hydrogen-bond acceptors (Lipinski definition) is 4. The lowest BCUT2D eigenvalue weighted by Gasteiger charge is -2.13. The van der Waals surface area contributed by atoms with Crippen molar-refractivity contribution in [2.45, 2.75) is 39.5 Å². The fourth-order valence-electron chi connectivity index (χ4n) is 1.98. The van der Waals surface area contributed by atoms with Gasteiger partial charge in [-0.15, -0.1) is 0 Å². The second kappa shape index (κ2) is 10.4. The molecule has 0 atom stereocenters. The molecule has 0 aromatic heterocycles. The Balaban J connectivity index is 2.43. The fourth-order valence-corrected chi connectivity index (χ4v) is 1.98. The van der Waals surface area contributed by atoms with Gasteiger partial charge in [-0.3, -0.25) is 0 Å². The predicted molar refractivity (Wildman–Crippen MR) is 82.8 cm³/mol. The first-order valence-corrected chi connectivity index (χ1v) is 7.56. The maximum absolute atomic E-state index is 8.71. The molecule has 2 N–H and O–H groups in total. The third-order valence-corrected chi connectivity index (χ3v) is 2.96. The van der Waals surface area contributed by atoms with Gasteiger partial charge < -0.3 is 19.9 Å². The number of anilines is 1. The topological polar surface area (TPSA) is 50.7 Å². The number of ether oxygens (including phenoxy) is 2. The second-order valence-corrected chi connectivity index (χ2v) is 4.59. The molecule has 1 rings (SSSR count). The lowest BCUT2D eigenvalue weighted by atomic mass is 10.2. The van der Waals surface area contributed by atoms with Crippen LogP contribution >= 0.6 is 0 Å². The molecule has 0 spiro atoms. The van der Waals surface area contributed by atoms with E-state index in [1.807, 2.05) is 32.0 Å². The maximum Gasteiger partial charge on any atom is 0.163 e. The summed E-state index contributed by atoms with van der Waals surface area (Å²) in [6, 6.07) is 5.95. The molecular weight excluding hydrogens is 254 g/mol. The van der Waals surface area contributed by atoms with Gasteiger partial charge in [0.15, 0.2) is 11.5 Å². The van der Waals surface area contributed by atoms with Crippen LogP contribution in [0.1, 0.15) is 39.5 Å². The number of nitrogens with one attached hydrogen (secondary N) is 1. The molecule has 0 saturated heterocycles. The molecule has 0 bridgehead atoms. The molecule has 0 unspecified atom stereocenters.